The Labute approximate surface area is 133 Å². The summed E-state index contributed by atoms with van der Waals surface area (Å²) < 4.78 is 5.25. The van der Waals surface area contributed by atoms with Crippen molar-refractivity contribution in [3.8, 4) is 22.6 Å². The fraction of sp³-hybridized carbons (Fsp3) is 0.0500. The lowest BCUT2D eigenvalue weighted by molar-refractivity contribution is 0.415. The van der Waals surface area contributed by atoms with Gasteiger partial charge in [0.2, 0.25) is 0 Å². The highest BCUT2D eigenvalue weighted by atomic mass is 16.5. The van der Waals surface area contributed by atoms with E-state index in [0.29, 0.717) is 0 Å². The van der Waals surface area contributed by atoms with Gasteiger partial charge < -0.3 is 9.84 Å². The minimum Gasteiger partial charge on any atom is -0.508 e. The van der Waals surface area contributed by atoms with Crippen molar-refractivity contribution in [2.75, 3.05) is 7.11 Å². The SMILES string of the molecule is COc1ccc(-c2c3ccccc3nc3cc(O)ccc23)cc1. The van der Waals surface area contributed by atoms with Gasteiger partial charge in [0.1, 0.15) is 11.5 Å². The maximum Gasteiger partial charge on any atom is 0.118 e. The van der Waals surface area contributed by atoms with E-state index in [9.17, 15) is 5.11 Å². The topological polar surface area (TPSA) is 42.4 Å². The van der Waals surface area contributed by atoms with E-state index in [2.05, 4.69) is 11.1 Å². The highest BCUT2D eigenvalue weighted by Gasteiger charge is 2.11. The molecular weight excluding hydrogens is 286 g/mol. The van der Waals surface area contributed by atoms with Crippen LogP contribution in [0.5, 0.6) is 11.5 Å². The van der Waals surface area contributed by atoms with Gasteiger partial charge in [0, 0.05) is 22.4 Å². The second-order valence-electron chi connectivity index (χ2n) is 5.43. The number of ether oxygens (including phenoxy) is 1. The molecule has 0 amide bonds. The number of benzene rings is 3. The molecular formula is C20H15NO2. The Kier molecular flexibility index (Phi) is 3.12. The highest BCUT2D eigenvalue weighted by Crippen LogP contribution is 2.36. The molecule has 4 rings (SSSR count). The summed E-state index contributed by atoms with van der Waals surface area (Å²) in [5, 5.41) is 11.9. The average molecular weight is 301 g/mol. The van der Waals surface area contributed by atoms with Crippen LogP contribution in [0.3, 0.4) is 0 Å². The molecule has 0 radical (unpaired) electrons. The zero-order chi connectivity index (χ0) is 15.8. The first kappa shape index (κ1) is 13.6. The van der Waals surface area contributed by atoms with Gasteiger partial charge in [0.15, 0.2) is 0 Å². The first-order chi connectivity index (χ1) is 11.3. The molecule has 0 bridgehead atoms. The lowest BCUT2D eigenvalue weighted by atomic mass is 9.96. The minimum absolute atomic E-state index is 0.223. The normalized spacial score (nSPS) is 11.0. The molecule has 112 valence electrons. The Balaban J connectivity index is 2.11. The van der Waals surface area contributed by atoms with E-state index in [1.807, 2.05) is 48.5 Å². The average Bonchev–Trinajstić information content (AvgIpc) is 2.59. The Morgan fingerprint density at radius 3 is 2.35 bits per heavy atom. The number of aromatic hydroxyl groups is 1. The van der Waals surface area contributed by atoms with Crippen LogP contribution in [-0.4, -0.2) is 17.2 Å². The number of phenols is 1. The molecule has 23 heavy (non-hydrogen) atoms. The lowest BCUT2D eigenvalue weighted by Gasteiger charge is -2.12. The quantitative estimate of drug-likeness (QED) is 0.542. The zero-order valence-electron chi connectivity index (χ0n) is 12.7. The summed E-state index contributed by atoms with van der Waals surface area (Å²) in [5.41, 5.74) is 3.92. The third kappa shape index (κ3) is 2.27. The number of fused-ring (bicyclic) bond motifs is 2. The molecule has 0 unspecified atom stereocenters. The molecule has 1 aromatic heterocycles. The Bertz CT molecular complexity index is 1010. The summed E-state index contributed by atoms with van der Waals surface area (Å²) >= 11 is 0. The molecule has 1 heterocycles. The largest absolute Gasteiger partial charge is 0.508 e. The molecule has 0 aliphatic rings. The number of rotatable bonds is 2. The Morgan fingerprint density at radius 1 is 0.826 bits per heavy atom. The van der Waals surface area contributed by atoms with Gasteiger partial charge in [0.25, 0.3) is 0 Å². The number of aromatic nitrogens is 1. The van der Waals surface area contributed by atoms with E-state index in [-0.39, 0.29) is 5.75 Å². The molecule has 0 fully saturated rings. The van der Waals surface area contributed by atoms with E-state index >= 15 is 0 Å². The molecule has 1 N–H and O–H groups in total. The van der Waals surface area contributed by atoms with Crippen LogP contribution in [0.15, 0.2) is 66.7 Å². The van der Waals surface area contributed by atoms with Crippen molar-refractivity contribution in [1.82, 2.24) is 4.98 Å². The van der Waals surface area contributed by atoms with Gasteiger partial charge in [-0.3, -0.25) is 0 Å². The van der Waals surface area contributed by atoms with Crippen LogP contribution in [0.25, 0.3) is 32.9 Å². The van der Waals surface area contributed by atoms with Gasteiger partial charge >= 0.3 is 0 Å². The monoisotopic (exact) mass is 301 g/mol. The third-order valence-electron chi connectivity index (χ3n) is 4.04. The van der Waals surface area contributed by atoms with Crippen molar-refractivity contribution in [3.05, 3.63) is 66.7 Å². The fourth-order valence-corrected chi connectivity index (χ4v) is 2.95. The molecule has 3 heteroatoms. The first-order valence-corrected chi connectivity index (χ1v) is 7.42. The maximum atomic E-state index is 9.78. The van der Waals surface area contributed by atoms with Crippen LogP contribution in [0.2, 0.25) is 0 Å². The van der Waals surface area contributed by atoms with Crippen molar-refractivity contribution in [1.29, 1.82) is 0 Å². The van der Waals surface area contributed by atoms with Gasteiger partial charge in [-0.2, -0.15) is 0 Å². The molecule has 4 aromatic rings. The number of para-hydroxylation sites is 1. The Morgan fingerprint density at radius 2 is 1.57 bits per heavy atom. The summed E-state index contributed by atoms with van der Waals surface area (Å²) in [7, 11) is 1.66. The number of nitrogens with zero attached hydrogens (tertiary/aromatic N) is 1. The molecule has 0 saturated heterocycles. The molecule has 0 aliphatic carbocycles. The summed E-state index contributed by atoms with van der Waals surface area (Å²) in [6.07, 6.45) is 0. The van der Waals surface area contributed by atoms with Crippen molar-refractivity contribution < 1.29 is 9.84 Å². The van der Waals surface area contributed by atoms with E-state index in [4.69, 9.17) is 4.74 Å². The van der Waals surface area contributed by atoms with Crippen molar-refractivity contribution in [3.63, 3.8) is 0 Å². The predicted octanol–water partition coefficient (Wildman–Crippen LogP) is 4.77. The number of pyridine rings is 1. The second-order valence-corrected chi connectivity index (χ2v) is 5.43. The number of hydrogen-bond acceptors (Lipinski definition) is 3. The second kappa shape index (κ2) is 5.29. The van der Waals surface area contributed by atoms with Gasteiger partial charge in [-0.05, 0) is 35.9 Å². The van der Waals surface area contributed by atoms with Crippen LogP contribution in [0, 0.1) is 0 Å². The lowest BCUT2D eigenvalue weighted by Crippen LogP contribution is -1.89. The maximum absolute atomic E-state index is 9.78. The summed E-state index contributed by atoms with van der Waals surface area (Å²) in [6.45, 7) is 0. The fourth-order valence-electron chi connectivity index (χ4n) is 2.95. The smallest absolute Gasteiger partial charge is 0.118 e. The third-order valence-corrected chi connectivity index (χ3v) is 4.04. The van der Waals surface area contributed by atoms with E-state index < -0.39 is 0 Å². The van der Waals surface area contributed by atoms with Gasteiger partial charge in [0.05, 0.1) is 18.1 Å². The molecule has 0 spiro atoms. The summed E-state index contributed by atoms with van der Waals surface area (Å²) in [5.74, 6) is 1.05. The molecule has 0 aliphatic heterocycles. The summed E-state index contributed by atoms with van der Waals surface area (Å²) in [4.78, 5) is 4.67. The standard InChI is InChI=1S/C20H15NO2/c1-23-15-9-6-13(7-10-15)20-16-4-2-3-5-18(16)21-19-12-14(22)8-11-17(19)20/h2-12,22H,1H3. The van der Waals surface area contributed by atoms with Crippen molar-refractivity contribution in [2.45, 2.75) is 0 Å². The molecule has 3 aromatic carbocycles. The summed E-state index contributed by atoms with van der Waals surface area (Å²) in [6, 6.07) is 21.4. The number of phenolic OH excluding ortho intramolecular Hbond substituents is 1. The number of hydrogen-bond donors (Lipinski definition) is 1. The van der Waals surface area contributed by atoms with E-state index in [1.165, 1.54) is 0 Å². The molecule has 0 saturated carbocycles. The van der Waals surface area contributed by atoms with Gasteiger partial charge in [-0.15, -0.1) is 0 Å². The van der Waals surface area contributed by atoms with Crippen molar-refractivity contribution >= 4 is 21.8 Å². The van der Waals surface area contributed by atoms with E-state index in [1.54, 1.807) is 19.2 Å². The zero-order valence-corrected chi connectivity index (χ0v) is 12.7. The van der Waals surface area contributed by atoms with Gasteiger partial charge in [-0.1, -0.05) is 30.3 Å². The van der Waals surface area contributed by atoms with E-state index in [0.717, 1.165) is 38.7 Å². The van der Waals surface area contributed by atoms with Crippen LogP contribution in [0.1, 0.15) is 0 Å². The van der Waals surface area contributed by atoms with Crippen molar-refractivity contribution in [2.24, 2.45) is 0 Å². The van der Waals surface area contributed by atoms with Crippen LogP contribution in [0.4, 0.5) is 0 Å². The Hall–Kier alpha value is -3.07. The van der Waals surface area contributed by atoms with Crippen LogP contribution < -0.4 is 4.74 Å². The van der Waals surface area contributed by atoms with Crippen LogP contribution in [-0.2, 0) is 0 Å². The first-order valence-electron chi connectivity index (χ1n) is 7.42. The minimum atomic E-state index is 0.223. The van der Waals surface area contributed by atoms with Crippen LogP contribution >= 0.6 is 0 Å². The molecule has 0 atom stereocenters. The number of methoxy groups -OCH3 is 1. The van der Waals surface area contributed by atoms with Gasteiger partial charge in [-0.25, -0.2) is 4.98 Å². The molecule has 3 nitrogen and oxygen atoms in total. The highest BCUT2D eigenvalue weighted by molar-refractivity contribution is 6.09. The predicted molar refractivity (Wildman–Crippen MR) is 92.9 cm³/mol.